The first-order valence-corrected chi connectivity index (χ1v) is 6.69. The summed E-state index contributed by atoms with van der Waals surface area (Å²) in [6.45, 7) is 1.82. The molecular formula is C14H16F4N2O. The van der Waals surface area contributed by atoms with Crippen LogP contribution in [0.25, 0.3) is 0 Å². The average molecular weight is 304 g/mol. The first-order chi connectivity index (χ1) is 9.84. The number of carbonyl (C=O) groups is 1. The molecule has 0 saturated carbocycles. The lowest BCUT2D eigenvalue weighted by atomic mass is 10.0. The van der Waals surface area contributed by atoms with Crippen LogP contribution < -0.4 is 5.32 Å². The van der Waals surface area contributed by atoms with Gasteiger partial charge in [-0.05, 0) is 30.5 Å². The van der Waals surface area contributed by atoms with E-state index in [-0.39, 0.29) is 5.82 Å². The molecule has 1 N–H and O–H groups in total. The zero-order valence-electron chi connectivity index (χ0n) is 11.3. The lowest BCUT2D eigenvalue weighted by Gasteiger charge is -2.32. The molecule has 1 fully saturated rings. The predicted octanol–water partition coefficient (Wildman–Crippen LogP) is 2.47. The summed E-state index contributed by atoms with van der Waals surface area (Å²) in [4.78, 5) is 12.9. The summed E-state index contributed by atoms with van der Waals surface area (Å²) in [6.07, 6.45) is -3.88. The number of halogens is 4. The molecule has 0 aromatic heterocycles. The van der Waals surface area contributed by atoms with Crippen molar-refractivity contribution >= 4 is 5.91 Å². The molecule has 0 spiro atoms. The summed E-state index contributed by atoms with van der Waals surface area (Å²) >= 11 is 0. The van der Waals surface area contributed by atoms with Crippen LogP contribution in [0.3, 0.4) is 0 Å². The van der Waals surface area contributed by atoms with Gasteiger partial charge in [0, 0.05) is 25.7 Å². The molecule has 0 bridgehead atoms. The highest BCUT2D eigenvalue weighted by Gasteiger charge is 2.40. The second-order valence-electron chi connectivity index (χ2n) is 5.15. The van der Waals surface area contributed by atoms with Crippen LogP contribution in [0.2, 0.25) is 0 Å². The summed E-state index contributed by atoms with van der Waals surface area (Å²) < 4.78 is 49.2. The van der Waals surface area contributed by atoms with Gasteiger partial charge in [-0.15, -0.1) is 0 Å². The number of benzene rings is 1. The Bertz CT molecular complexity index is 479. The van der Waals surface area contributed by atoms with E-state index in [1.54, 1.807) is 12.1 Å². The molecule has 1 aromatic rings. The molecule has 7 heteroatoms. The third-order valence-corrected chi connectivity index (χ3v) is 3.50. The number of nitrogens with zero attached hydrogens (tertiary/aromatic N) is 1. The zero-order valence-corrected chi connectivity index (χ0v) is 11.3. The summed E-state index contributed by atoms with van der Waals surface area (Å²) in [5.74, 6) is -2.17. The Hall–Kier alpha value is -1.63. The van der Waals surface area contributed by atoms with Gasteiger partial charge in [0.05, 0.1) is 0 Å². The summed E-state index contributed by atoms with van der Waals surface area (Å²) in [6, 6.07) is 5.69. The van der Waals surface area contributed by atoms with Gasteiger partial charge in [-0.25, -0.2) is 4.39 Å². The minimum absolute atomic E-state index is 0.299. The smallest absolute Gasteiger partial charge is 0.345 e. The summed E-state index contributed by atoms with van der Waals surface area (Å²) in [5, 5.41) is 2.01. The molecule has 0 unspecified atom stereocenters. The molecule has 0 radical (unpaired) electrons. The van der Waals surface area contributed by atoms with Gasteiger partial charge in [0.15, 0.2) is 0 Å². The minimum atomic E-state index is -4.83. The molecular weight excluding hydrogens is 288 g/mol. The van der Waals surface area contributed by atoms with Gasteiger partial charge in [0.2, 0.25) is 0 Å². The number of carbonyl (C=O) groups excluding carboxylic acids is 1. The van der Waals surface area contributed by atoms with Crippen molar-refractivity contribution in [2.24, 2.45) is 0 Å². The monoisotopic (exact) mass is 304 g/mol. The van der Waals surface area contributed by atoms with Crippen molar-refractivity contribution in [3.63, 3.8) is 0 Å². The van der Waals surface area contributed by atoms with Crippen LogP contribution in [0.15, 0.2) is 24.3 Å². The number of likely N-dealkylation sites (tertiary alicyclic amines) is 1. The van der Waals surface area contributed by atoms with Gasteiger partial charge in [0.1, 0.15) is 5.82 Å². The van der Waals surface area contributed by atoms with Gasteiger partial charge in [-0.3, -0.25) is 9.69 Å². The van der Waals surface area contributed by atoms with Crippen LogP contribution >= 0.6 is 0 Å². The molecule has 1 aliphatic heterocycles. The molecule has 21 heavy (non-hydrogen) atoms. The number of nitrogens with one attached hydrogen (secondary N) is 1. The van der Waals surface area contributed by atoms with Crippen LogP contribution in [0, 0.1) is 5.82 Å². The Kier molecular flexibility index (Phi) is 4.82. The number of alkyl halides is 3. The fourth-order valence-electron chi connectivity index (χ4n) is 2.35. The molecule has 0 aliphatic carbocycles. The third-order valence-electron chi connectivity index (χ3n) is 3.50. The first kappa shape index (κ1) is 15.8. The second-order valence-corrected chi connectivity index (χ2v) is 5.15. The predicted molar refractivity (Wildman–Crippen MR) is 68.9 cm³/mol. The first-order valence-electron chi connectivity index (χ1n) is 6.69. The molecule has 2 rings (SSSR count). The van der Waals surface area contributed by atoms with E-state index in [0.29, 0.717) is 32.5 Å². The van der Waals surface area contributed by atoms with E-state index in [1.807, 2.05) is 5.32 Å². The van der Waals surface area contributed by atoms with Gasteiger partial charge >= 0.3 is 12.1 Å². The third kappa shape index (κ3) is 4.70. The summed E-state index contributed by atoms with van der Waals surface area (Å²) in [5.41, 5.74) is 0.953. The van der Waals surface area contributed by atoms with Crippen molar-refractivity contribution in [1.82, 2.24) is 10.2 Å². The van der Waals surface area contributed by atoms with Crippen molar-refractivity contribution in [2.45, 2.75) is 31.6 Å². The largest absolute Gasteiger partial charge is 0.471 e. The number of hydrogen-bond donors (Lipinski definition) is 1. The van der Waals surface area contributed by atoms with Crippen molar-refractivity contribution < 1.29 is 22.4 Å². The van der Waals surface area contributed by atoms with Crippen LogP contribution in [-0.4, -0.2) is 36.1 Å². The Morgan fingerprint density at radius 3 is 2.29 bits per heavy atom. The molecule has 1 amide bonds. The summed E-state index contributed by atoms with van der Waals surface area (Å²) in [7, 11) is 0. The maximum absolute atomic E-state index is 12.8. The number of hydrogen-bond acceptors (Lipinski definition) is 2. The number of piperidine rings is 1. The average Bonchev–Trinajstić information content (AvgIpc) is 2.42. The normalized spacial score (nSPS) is 17.7. The SMILES string of the molecule is O=C(NC1CCN(Cc2ccc(F)cc2)CC1)C(F)(F)F. The maximum atomic E-state index is 12.8. The van der Waals surface area contributed by atoms with Crippen molar-refractivity contribution in [3.05, 3.63) is 35.6 Å². The molecule has 1 saturated heterocycles. The minimum Gasteiger partial charge on any atom is -0.345 e. The highest BCUT2D eigenvalue weighted by atomic mass is 19.4. The van der Waals surface area contributed by atoms with E-state index >= 15 is 0 Å². The van der Waals surface area contributed by atoms with Crippen molar-refractivity contribution in [3.8, 4) is 0 Å². The van der Waals surface area contributed by atoms with E-state index in [1.165, 1.54) is 12.1 Å². The van der Waals surface area contributed by atoms with Crippen molar-refractivity contribution in [2.75, 3.05) is 13.1 Å². The molecule has 1 aromatic carbocycles. The molecule has 116 valence electrons. The number of amides is 1. The quantitative estimate of drug-likeness (QED) is 0.870. The van der Waals surface area contributed by atoms with Crippen molar-refractivity contribution in [1.29, 1.82) is 0 Å². The van der Waals surface area contributed by atoms with Gasteiger partial charge in [0.25, 0.3) is 0 Å². The molecule has 3 nitrogen and oxygen atoms in total. The topological polar surface area (TPSA) is 32.3 Å². The maximum Gasteiger partial charge on any atom is 0.471 e. The second kappa shape index (κ2) is 6.43. The highest BCUT2D eigenvalue weighted by molar-refractivity contribution is 5.81. The van der Waals surface area contributed by atoms with Crippen LogP contribution in [-0.2, 0) is 11.3 Å². The van der Waals surface area contributed by atoms with Crippen LogP contribution in [0.5, 0.6) is 0 Å². The fourth-order valence-corrected chi connectivity index (χ4v) is 2.35. The van der Waals surface area contributed by atoms with E-state index in [9.17, 15) is 22.4 Å². The van der Waals surface area contributed by atoms with Crippen LogP contribution in [0.4, 0.5) is 17.6 Å². The van der Waals surface area contributed by atoms with Crippen LogP contribution in [0.1, 0.15) is 18.4 Å². The lowest BCUT2D eigenvalue weighted by molar-refractivity contribution is -0.174. The Morgan fingerprint density at radius 1 is 1.19 bits per heavy atom. The van der Waals surface area contributed by atoms with Gasteiger partial charge in [-0.1, -0.05) is 12.1 Å². The van der Waals surface area contributed by atoms with E-state index < -0.39 is 18.1 Å². The highest BCUT2D eigenvalue weighted by Crippen LogP contribution is 2.18. The van der Waals surface area contributed by atoms with Gasteiger partial charge < -0.3 is 5.32 Å². The molecule has 1 aliphatic rings. The van der Waals surface area contributed by atoms with E-state index in [4.69, 9.17) is 0 Å². The number of rotatable bonds is 3. The Labute approximate surface area is 119 Å². The van der Waals surface area contributed by atoms with E-state index in [0.717, 1.165) is 5.56 Å². The Morgan fingerprint density at radius 2 is 1.76 bits per heavy atom. The standard InChI is InChI=1S/C14H16F4N2O/c15-11-3-1-10(2-4-11)9-20-7-5-12(6-8-20)19-13(21)14(16,17)18/h1-4,12H,5-9H2,(H,19,21). The molecule has 1 heterocycles. The van der Waals surface area contributed by atoms with Gasteiger partial charge in [-0.2, -0.15) is 13.2 Å². The lowest BCUT2D eigenvalue weighted by Crippen LogP contribution is -2.48. The van der Waals surface area contributed by atoms with E-state index in [2.05, 4.69) is 4.90 Å². The fraction of sp³-hybridized carbons (Fsp3) is 0.500. The Balaban J connectivity index is 1.78. The molecule has 0 atom stereocenters. The zero-order chi connectivity index (χ0) is 15.5.